The molecular formula is C10H12IN3O4. The zero-order chi connectivity index (χ0) is 13.9. The monoisotopic (exact) mass is 365 g/mol. The predicted molar refractivity (Wildman–Crippen MR) is 73.5 cm³/mol. The molecule has 0 unspecified atom stereocenters. The van der Waals surface area contributed by atoms with Gasteiger partial charge in [-0.2, -0.15) is 0 Å². The summed E-state index contributed by atoms with van der Waals surface area (Å²) in [6.45, 7) is 5.12. The Kier molecular flexibility index (Phi) is 4.43. The Labute approximate surface area is 117 Å². The molecule has 0 radical (unpaired) electrons. The van der Waals surface area contributed by atoms with Gasteiger partial charge in [-0.1, -0.05) is 0 Å². The lowest BCUT2D eigenvalue weighted by Gasteiger charge is -2.19. The maximum Gasteiger partial charge on any atom is 0.412 e. The highest BCUT2D eigenvalue weighted by Gasteiger charge is 2.22. The van der Waals surface area contributed by atoms with Crippen LogP contribution in [0.1, 0.15) is 20.8 Å². The van der Waals surface area contributed by atoms with Gasteiger partial charge in [0, 0.05) is 6.20 Å². The van der Waals surface area contributed by atoms with Gasteiger partial charge in [0.15, 0.2) is 0 Å². The minimum absolute atomic E-state index is 0.0878. The number of aromatic nitrogens is 1. The fourth-order valence-corrected chi connectivity index (χ4v) is 1.66. The van der Waals surface area contributed by atoms with Gasteiger partial charge in [-0.15, -0.1) is 0 Å². The molecule has 0 aliphatic heterocycles. The van der Waals surface area contributed by atoms with Crippen molar-refractivity contribution in [3.8, 4) is 0 Å². The number of anilines is 1. The van der Waals surface area contributed by atoms with Crippen LogP contribution in [-0.4, -0.2) is 21.6 Å². The van der Waals surface area contributed by atoms with Crippen LogP contribution in [0.5, 0.6) is 0 Å². The molecular weight excluding hydrogens is 353 g/mol. The van der Waals surface area contributed by atoms with E-state index in [1.165, 1.54) is 6.20 Å². The average Bonchev–Trinajstić information content (AvgIpc) is 2.17. The van der Waals surface area contributed by atoms with Gasteiger partial charge in [0.2, 0.25) is 0 Å². The molecule has 0 saturated heterocycles. The normalized spacial score (nSPS) is 10.9. The number of ether oxygens (including phenoxy) is 1. The first-order chi connectivity index (χ1) is 8.20. The molecule has 0 bridgehead atoms. The molecule has 0 atom stereocenters. The van der Waals surface area contributed by atoms with Gasteiger partial charge >= 0.3 is 11.8 Å². The van der Waals surface area contributed by atoms with Crippen molar-refractivity contribution in [1.29, 1.82) is 0 Å². The Hall–Kier alpha value is -1.45. The number of carbonyl (C=O) groups excluding carboxylic acids is 1. The summed E-state index contributed by atoms with van der Waals surface area (Å²) in [5.41, 5.74) is -0.852. The zero-order valence-electron chi connectivity index (χ0n) is 10.1. The predicted octanol–water partition coefficient (Wildman–Crippen LogP) is 2.94. The summed E-state index contributed by atoms with van der Waals surface area (Å²) in [4.78, 5) is 25.5. The maximum absolute atomic E-state index is 11.6. The Balaban J connectivity index is 2.97. The molecule has 1 heterocycles. The van der Waals surface area contributed by atoms with Gasteiger partial charge in [-0.25, -0.2) is 4.79 Å². The Morgan fingerprint density at radius 3 is 2.61 bits per heavy atom. The van der Waals surface area contributed by atoms with Crippen LogP contribution < -0.4 is 5.32 Å². The number of rotatable bonds is 2. The first-order valence-electron chi connectivity index (χ1n) is 4.98. The van der Waals surface area contributed by atoms with E-state index >= 15 is 0 Å². The van der Waals surface area contributed by atoms with E-state index in [1.54, 1.807) is 20.8 Å². The third kappa shape index (κ3) is 4.09. The first kappa shape index (κ1) is 14.6. The van der Waals surface area contributed by atoms with E-state index in [4.69, 9.17) is 4.74 Å². The molecule has 0 aliphatic carbocycles. The van der Waals surface area contributed by atoms with E-state index < -0.39 is 16.6 Å². The second kappa shape index (κ2) is 5.46. The van der Waals surface area contributed by atoms with Crippen LogP contribution in [-0.2, 0) is 4.74 Å². The number of pyridine rings is 1. The maximum atomic E-state index is 11.6. The lowest BCUT2D eigenvalue weighted by atomic mass is 10.2. The fourth-order valence-electron chi connectivity index (χ4n) is 1.09. The van der Waals surface area contributed by atoms with E-state index in [0.717, 1.165) is 6.20 Å². The topological polar surface area (TPSA) is 94.4 Å². The van der Waals surface area contributed by atoms with Crippen molar-refractivity contribution in [3.63, 3.8) is 0 Å². The van der Waals surface area contributed by atoms with Crippen LogP contribution in [0.2, 0.25) is 0 Å². The van der Waals surface area contributed by atoms with Crippen LogP contribution in [0, 0.1) is 13.7 Å². The highest BCUT2D eigenvalue weighted by molar-refractivity contribution is 14.1. The minimum atomic E-state index is -0.741. The van der Waals surface area contributed by atoms with Crippen molar-refractivity contribution in [1.82, 2.24) is 4.98 Å². The third-order valence-corrected chi connectivity index (χ3v) is 2.52. The summed E-state index contributed by atoms with van der Waals surface area (Å²) in [6.07, 6.45) is 1.75. The quantitative estimate of drug-likeness (QED) is 0.494. The average molecular weight is 365 g/mol. The van der Waals surface area contributed by atoms with Crippen molar-refractivity contribution < 1.29 is 14.5 Å². The zero-order valence-corrected chi connectivity index (χ0v) is 12.2. The lowest BCUT2D eigenvalue weighted by Crippen LogP contribution is -2.27. The summed E-state index contributed by atoms with van der Waals surface area (Å²) >= 11 is 1.85. The molecule has 1 aromatic rings. The highest BCUT2D eigenvalue weighted by Crippen LogP contribution is 2.28. The highest BCUT2D eigenvalue weighted by atomic mass is 127. The van der Waals surface area contributed by atoms with Crippen molar-refractivity contribution >= 4 is 40.1 Å². The van der Waals surface area contributed by atoms with E-state index in [-0.39, 0.29) is 11.4 Å². The molecule has 1 aromatic heterocycles. The Morgan fingerprint density at radius 1 is 1.50 bits per heavy atom. The van der Waals surface area contributed by atoms with Gasteiger partial charge in [-0.3, -0.25) is 20.4 Å². The molecule has 8 heteroatoms. The van der Waals surface area contributed by atoms with Gasteiger partial charge in [0.25, 0.3) is 0 Å². The number of hydrogen-bond donors (Lipinski definition) is 1. The van der Waals surface area contributed by atoms with Crippen LogP contribution >= 0.6 is 22.6 Å². The van der Waals surface area contributed by atoms with Crippen LogP contribution in [0.3, 0.4) is 0 Å². The first-order valence-corrected chi connectivity index (χ1v) is 6.06. The largest absolute Gasteiger partial charge is 0.444 e. The number of amides is 1. The summed E-state index contributed by atoms with van der Waals surface area (Å²) in [7, 11) is 0. The molecule has 0 spiro atoms. The van der Waals surface area contributed by atoms with Gasteiger partial charge in [-0.05, 0) is 43.4 Å². The number of nitrogens with zero attached hydrogens (tertiary/aromatic N) is 2. The molecule has 0 saturated carbocycles. The van der Waals surface area contributed by atoms with E-state index in [2.05, 4.69) is 10.3 Å². The number of hydrogen-bond acceptors (Lipinski definition) is 5. The molecule has 98 valence electrons. The molecule has 0 fully saturated rings. The Morgan fingerprint density at radius 2 is 2.11 bits per heavy atom. The van der Waals surface area contributed by atoms with Crippen LogP contribution in [0.25, 0.3) is 0 Å². The standard InChI is InChI=1S/C10H12IN3O4/c1-10(2,3)18-9(15)13-8-6(11)4-12-5-7(8)14(16)17/h4-5H,1-3H3,(H,12,13,15). The number of nitro groups is 1. The van der Waals surface area contributed by atoms with Crippen LogP contribution in [0.15, 0.2) is 12.4 Å². The molecule has 1 rings (SSSR count). The summed E-state index contributed by atoms with van der Waals surface area (Å²) < 4.78 is 5.50. The lowest BCUT2D eigenvalue weighted by molar-refractivity contribution is -0.384. The van der Waals surface area contributed by atoms with Crippen molar-refractivity contribution in [3.05, 3.63) is 26.1 Å². The van der Waals surface area contributed by atoms with E-state index in [9.17, 15) is 14.9 Å². The summed E-state index contributed by atoms with van der Waals surface area (Å²) in [5.74, 6) is 0. The van der Waals surface area contributed by atoms with Crippen LogP contribution in [0.4, 0.5) is 16.2 Å². The number of carbonyl (C=O) groups is 1. The number of halogens is 1. The van der Waals surface area contributed by atoms with Crippen molar-refractivity contribution in [2.24, 2.45) is 0 Å². The Bertz CT molecular complexity index is 485. The molecule has 0 aromatic carbocycles. The molecule has 1 N–H and O–H groups in total. The molecule has 18 heavy (non-hydrogen) atoms. The van der Waals surface area contributed by atoms with E-state index in [0.29, 0.717) is 3.57 Å². The smallest absolute Gasteiger partial charge is 0.412 e. The van der Waals surface area contributed by atoms with Crippen molar-refractivity contribution in [2.45, 2.75) is 26.4 Å². The summed E-state index contributed by atoms with van der Waals surface area (Å²) in [6, 6.07) is 0. The van der Waals surface area contributed by atoms with Gasteiger partial charge in [0.05, 0.1) is 8.49 Å². The SMILES string of the molecule is CC(C)(C)OC(=O)Nc1c(I)cncc1[N+](=O)[O-]. The molecule has 0 aliphatic rings. The van der Waals surface area contributed by atoms with Crippen molar-refractivity contribution in [2.75, 3.05) is 5.32 Å². The summed E-state index contributed by atoms with van der Waals surface area (Å²) in [5, 5.41) is 13.2. The third-order valence-electron chi connectivity index (χ3n) is 1.70. The van der Waals surface area contributed by atoms with Gasteiger partial charge < -0.3 is 4.74 Å². The second-order valence-corrected chi connectivity index (χ2v) is 5.56. The molecule has 1 amide bonds. The van der Waals surface area contributed by atoms with Gasteiger partial charge in [0.1, 0.15) is 17.5 Å². The minimum Gasteiger partial charge on any atom is -0.444 e. The second-order valence-electron chi connectivity index (χ2n) is 4.40. The fraction of sp³-hybridized carbons (Fsp3) is 0.400. The number of nitrogens with one attached hydrogen (secondary N) is 1. The van der Waals surface area contributed by atoms with E-state index in [1.807, 2.05) is 22.6 Å². The molecule has 7 nitrogen and oxygen atoms in total.